The molecule has 3 heterocycles. The molecule has 2 saturated heterocycles. The minimum Gasteiger partial charge on any atom is -0.347 e. The first kappa shape index (κ1) is 17.9. The summed E-state index contributed by atoms with van der Waals surface area (Å²) in [5.74, 6) is -0.152. The first-order valence-electron chi connectivity index (χ1n) is 9.30. The molecule has 2 aliphatic heterocycles. The average Bonchev–Trinajstić information content (AvgIpc) is 3.13. The molecule has 0 atom stereocenters. The number of para-hydroxylation sites is 1. The molecular weight excluding hydrogens is 344 g/mol. The second kappa shape index (κ2) is 7.25. The van der Waals surface area contributed by atoms with Crippen molar-refractivity contribution in [3.63, 3.8) is 0 Å². The third kappa shape index (κ3) is 3.65. The maximum atomic E-state index is 12.9. The molecule has 0 saturated carbocycles. The third-order valence-electron chi connectivity index (χ3n) is 5.22. The van der Waals surface area contributed by atoms with E-state index in [2.05, 4.69) is 15.3 Å². The van der Waals surface area contributed by atoms with Gasteiger partial charge in [-0.1, -0.05) is 18.2 Å². The van der Waals surface area contributed by atoms with Crippen LogP contribution in [0.15, 0.2) is 30.5 Å². The van der Waals surface area contributed by atoms with Gasteiger partial charge in [0.1, 0.15) is 5.69 Å². The van der Waals surface area contributed by atoms with Crippen LogP contribution in [0.25, 0.3) is 0 Å². The number of carbonyl (C=O) groups excluding carboxylic acids is 1. The zero-order valence-electron chi connectivity index (χ0n) is 15.7. The fourth-order valence-corrected chi connectivity index (χ4v) is 3.66. The molecule has 7 nitrogen and oxygen atoms in total. The Morgan fingerprint density at radius 1 is 1.11 bits per heavy atom. The molecule has 4 rings (SSSR count). The van der Waals surface area contributed by atoms with Gasteiger partial charge in [-0.2, -0.15) is 0 Å². The van der Waals surface area contributed by atoms with Crippen LogP contribution in [-0.4, -0.2) is 52.9 Å². The molecule has 1 N–H and O–H groups in total. The summed E-state index contributed by atoms with van der Waals surface area (Å²) in [6.07, 6.45) is 3.00. The summed E-state index contributed by atoms with van der Waals surface area (Å²) in [5.41, 5.74) is 3.57. The molecule has 0 radical (unpaired) electrons. The molecule has 2 fully saturated rings. The fourth-order valence-electron chi connectivity index (χ4n) is 3.66. The number of carbonyl (C=O) groups is 1. The van der Waals surface area contributed by atoms with Crippen LogP contribution in [0.2, 0.25) is 0 Å². The number of nitrogens with one attached hydrogen (secondary N) is 1. The second-order valence-corrected chi connectivity index (χ2v) is 7.06. The molecule has 2 aromatic rings. The molecule has 1 aromatic carbocycles. The lowest BCUT2D eigenvalue weighted by Gasteiger charge is -2.37. The number of likely N-dealkylation sites (tertiary alicyclic amines) is 1. The standard InChI is InChI=1S/C20H24N4O3/c1-14-4-3-5-15(2)17(14)23-19-21-9-6-16(22-19)18(25)24-10-7-20(8-11-24)26-12-13-27-20/h3-6,9H,7-8,10-13H2,1-2H3,(H,21,22,23). The maximum Gasteiger partial charge on any atom is 0.272 e. The van der Waals surface area contributed by atoms with Gasteiger partial charge in [-0.3, -0.25) is 4.79 Å². The molecule has 1 aromatic heterocycles. The maximum absolute atomic E-state index is 12.9. The molecule has 0 unspecified atom stereocenters. The zero-order valence-corrected chi connectivity index (χ0v) is 15.7. The average molecular weight is 368 g/mol. The SMILES string of the molecule is Cc1cccc(C)c1Nc1nccc(C(=O)N2CCC3(CC2)OCCO3)n1. The van der Waals surface area contributed by atoms with E-state index in [4.69, 9.17) is 9.47 Å². The Bertz CT molecular complexity index is 819. The van der Waals surface area contributed by atoms with Crippen molar-refractivity contribution >= 4 is 17.5 Å². The Morgan fingerprint density at radius 2 is 1.78 bits per heavy atom. The molecule has 142 valence electrons. The van der Waals surface area contributed by atoms with Crippen LogP contribution in [0.5, 0.6) is 0 Å². The normalized spacial score (nSPS) is 18.7. The van der Waals surface area contributed by atoms with Gasteiger partial charge in [-0.15, -0.1) is 0 Å². The Kier molecular flexibility index (Phi) is 4.80. The number of hydrogen-bond acceptors (Lipinski definition) is 6. The van der Waals surface area contributed by atoms with Gasteiger partial charge >= 0.3 is 0 Å². The highest BCUT2D eigenvalue weighted by molar-refractivity contribution is 5.92. The van der Waals surface area contributed by atoms with Crippen molar-refractivity contribution in [2.24, 2.45) is 0 Å². The highest BCUT2D eigenvalue weighted by Crippen LogP contribution is 2.31. The van der Waals surface area contributed by atoms with Crippen molar-refractivity contribution in [1.82, 2.24) is 14.9 Å². The van der Waals surface area contributed by atoms with Gasteiger partial charge in [0.05, 0.1) is 13.2 Å². The number of benzene rings is 1. The second-order valence-electron chi connectivity index (χ2n) is 7.06. The van der Waals surface area contributed by atoms with E-state index < -0.39 is 5.79 Å². The fraction of sp³-hybridized carbons (Fsp3) is 0.450. The number of piperidine rings is 1. The van der Waals surface area contributed by atoms with E-state index in [-0.39, 0.29) is 5.91 Å². The zero-order chi connectivity index (χ0) is 18.9. The highest BCUT2D eigenvalue weighted by atomic mass is 16.7. The van der Waals surface area contributed by atoms with E-state index in [1.165, 1.54) is 0 Å². The van der Waals surface area contributed by atoms with Crippen molar-refractivity contribution in [3.8, 4) is 0 Å². The van der Waals surface area contributed by atoms with Crippen LogP contribution in [0, 0.1) is 13.8 Å². The summed E-state index contributed by atoms with van der Waals surface area (Å²) in [7, 11) is 0. The van der Waals surface area contributed by atoms with Crippen LogP contribution < -0.4 is 5.32 Å². The highest BCUT2D eigenvalue weighted by Gasteiger charge is 2.41. The van der Waals surface area contributed by atoms with Crippen LogP contribution in [0.4, 0.5) is 11.6 Å². The topological polar surface area (TPSA) is 76.6 Å². The van der Waals surface area contributed by atoms with Gasteiger partial charge in [0.15, 0.2) is 5.79 Å². The molecule has 27 heavy (non-hydrogen) atoms. The van der Waals surface area contributed by atoms with Gasteiger partial charge < -0.3 is 19.7 Å². The number of ether oxygens (including phenoxy) is 2. The summed E-state index contributed by atoms with van der Waals surface area (Å²) < 4.78 is 11.5. The van der Waals surface area contributed by atoms with Crippen LogP contribution in [0.3, 0.4) is 0 Å². The Balaban J connectivity index is 1.47. The van der Waals surface area contributed by atoms with Gasteiger partial charge in [0.2, 0.25) is 5.95 Å². The smallest absolute Gasteiger partial charge is 0.272 e. The van der Waals surface area contributed by atoms with E-state index >= 15 is 0 Å². The molecule has 1 amide bonds. The van der Waals surface area contributed by atoms with Crippen molar-refractivity contribution in [3.05, 3.63) is 47.3 Å². The number of amides is 1. The van der Waals surface area contributed by atoms with E-state index in [1.807, 2.05) is 32.0 Å². The van der Waals surface area contributed by atoms with Crippen LogP contribution in [-0.2, 0) is 9.47 Å². The predicted molar refractivity (Wildman–Crippen MR) is 101 cm³/mol. The molecule has 2 aliphatic rings. The number of hydrogen-bond donors (Lipinski definition) is 1. The third-order valence-corrected chi connectivity index (χ3v) is 5.22. The Hall–Kier alpha value is -2.51. The number of anilines is 2. The minimum atomic E-state index is -0.489. The van der Waals surface area contributed by atoms with E-state index in [1.54, 1.807) is 17.2 Å². The monoisotopic (exact) mass is 368 g/mol. The van der Waals surface area contributed by atoms with Crippen molar-refractivity contribution in [2.45, 2.75) is 32.5 Å². The number of rotatable bonds is 3. The van der Waals surface area contributed by atoms with Gasteiger partial charge in [-0.05, 0) is 31.0 Å². The number of aryl methyl sites for hydroxylation is 2. The lowest BCUT2D eigenvalue weighted by atomic mass is 10.0. The minimum absolute atomic E-state index is 0.0881. The first-order valence-corrected chi connectivity index (χ1v) is 9.30. The molecule has 1 spiro atoms. The van der Waals surface area contributed by atoms with Crippen LogP contribution >= 0.6 is 0 Å². The largest absolute Gasteiger partial charge is 0.347 e. The van der Waals surface area contributed by atoms with E-state index in [9.17, 15) is 4.79 Å². The van der Waals surface area contributed by atoms with Gasteiger partial charge in [0, 0.05) is 37.8 Å². The molecule has 0 aliphatic carbocycles. The van der Waals surface area contributed by atoms with Gasteiger partial charge in [-0.25, -0.2) is 9.97 Å². The Labute approximate surface area is 158 Å². The van der Waals surface area contributed by atoms with Crippen molar-refractivity contribution in [2.75, 3.05) is 31.6 Å². The lowest BCUT2D eigenvalue weighted by molar-refractivity contribution is -0.181. The summed E-state index contributed by atoms with van der Waals surface area (Å²) in [6.45, 7) is 6.52. The first-order chi connectivity index (χ1) is 13.1. The summed E-state index contributed by atoms with van der Waals surface area (Å²) in [6, 6.07) is 7.73. The molecule has 0 bridgehead atoms. The summed E-state index contributed by atoms with van der Waals surface area (Å²) >= 11 is 0. The van der Waals surface area contributed by atoms with Gasteiger partial charge in [0.25, 0.3) is 5.91 Å². The van der Waals surface area contributed by atoms with E-state index in [0.717, 1.165) is 16.8 Å². The van der Waals surface area contributed by atoms with Crippen LogP contribution in [0.1, 0.15) is 34.5 Å². The summed E-state index contributed by atoms with van der Waals surface area (Å²) in [5, 5.41) is 3.25. The Morgan fingerprint density at radius 3 is 2.44 bits per heavy atom. The van der Waals surface area contributed by atoms with Crippen molar-refractivity contribution < 1.29 is 14.3 Å². The molecular formula is C20H24N4O3. The number of nitrogens with zero attached hydrogens (tertiary/aromatic N) is 3. The van der Waals surface area contributed by atoms with Crippen molar-refractivity contribution in [1.29, 1.82) is 0 Å². The van der Waals surface area contributed by atoms with E-state index in [0.29, 0.717) is 50.8 Å². The quantitative estimate of drug-likeness (QED) is 0.898. The lowest BCUT2D eigenvalue weighted by Crippen LogP contribution is -2.47. The summed E-state index contributed by atoms with van der Waals surface area (Å²) in [4.78, 5) is 23.4. The number of aromatic nitrogens is 2. The molecule has 7 heteroatoms. The predicted octanol–water partition coefficient (Wildman–Crippen LogP) is 2.82.